The van der Waals surface area contributed by atoms with Crippen molar-refractivity contribution in [3.8, 4) is 0 Å². The predicted molar refractivity (Wildman–Crippen MR) is 214 cm³/mol. The van der Waals surface area contributed by atoms with Crippen LogP contribution in [0.3, 0.4) is 0 Å². The lowest BCUT2D eigenvalue weighted by molar-refractivity contribution is -0.0502. The van der Waals surface area contributed by atoms with Crippen LogP contribution in [0.2, 0.25) is 0 Å². The first-order valence-electron chi connectivity index (χ1n) is 20.1. The number of hydrogen-bond donors (Lipinski definition) is 5. The molecular weight excluding hydrogens is 623 g/mol. The molecule has 11 heteroatoms. The van der Waals surface area contributed by atoms with Crippen LogP contribution in [0, 0.1) is 0 Å². The van der Waals surface area contributed by atoms with Crippen LogP contribution in [0.1, 0.15) is 133 Å². The number of rotatable bonds is 20. The van der Waals surface area contributed by atoms with Gasteiger partial charge in [-0.1, -0.05) is 26.7 Å². The van der Waals surface area contributed by atoms with Crippen LogP contribution in [0.4, 0.5) is 0 Å². The molecule has 292 valence electrons. The maximum absolute atomic E-state index is 6.92. The summed E-state index contributed by atoms with van der Waals surface area (Å²) in [6.07, 6.45) is 12.7. The Labute approximate surface area is 308 Å². The largest absolute Gasteiger partial charge is 0.364 e. The summed E-state index contributed by atoms with van der Waals surface area (Å²) in [5.41, 5.74) is 18.0. The van der Waals surface area contributed by atoms with E-state index >= 15 is 0 Å². The maximum atomic E-state index is 6.92. The van der Waals surface area contributed by atoms with Gasteiger partial charge in [-0.15, -0.1) is 0 Å². The van der Waals surface area contributed by atoms with E-state index in [-0.39, 0.29) is 28.3 Å². The number of likely N-dealkylation sites (tertiary alicyclic amines) is 2. The molecule has 3 rings (SSSR count). The molecule has 3 aliphatic heterocycles. The Bertz CT molecular complexity index is 1050. The van der Waals surface area contributed by atoms with Crippen molar-refractivity contribution >= 4 is 6.21 Å². The third-order valence-electron chi connectivity index (χ3n) is 12.3. The molecule has 0 aromatic carbocycles. The van der Waals surface area contributed by atoms with Crippen molar-refractivity contribution in [2.45, 2.75) is 174 Å². The Hall–Kier alpha value is -1.63. The molecule has 0 bridgehead atoms. The van der Waals surface area contributed by atoms with Crippen molar-refractivity contribution in [3.05, 3.63) is 11.5 Å². The van der Waals surface area contributed by atoms with E-state index in [1.807, 2.05) is 5.12 Å². The fourth-order valence-corrected chi connectivity index (χ4v) is 8.70. The van der Waals surface area contributed by atoms with Crippen LogP contribution in [0.5, 0.6) is 0 Å². The number of hydrazine groups is 1. The summed E-state index contributed by atoms with van der Waals surface area (Å²) in [5, 5.41) is 14.0. The Balaban J connectivity index is 2.01. The zero-order valence-corrected chi connectivity index (χ0v) is 34.7. The second kappa shape index (κ2) is 18.4. The van der Waals surface area contributed by atoms with Gasteiger partial charge in [-0.25, -0.2) is 0 Å². The first kappa shape index (κ1) is 42.8. The Morgan fingerprint density at radius 2 is 1.22 bits per heavy atom. The third-order valence-corrected chi connectivity index (χ3v) is 12.3. The fraction of sp³-hybridized carbons (Fsp3) is 0.923. The standard InChI is InChI=1S/C39H81N11/c1-13-15-24-48(31-26-36(3,4)46(11)37(5,6)27-31)33-30-44-50(34(41)18-21-43-23-22-42-20-17-19-40)45-35(33)49(25-16-14-2)32-28-38(7,8)47(12)39(9,10)29-32/h30-32,34,42-43,45H,13-29,40-41H2,1-12H3. The number of nitrogens with zero attached hydrogens (tertiary/aromatic N) is 6. The molecule has 0 aliphatic carbocycles. The third kappa shape index (κ3) is 10.9. The molecule has 2 fully saturated rings. The minimum absolute atomic E-state index is 0.0746. The van der Waals surface area contributed by atoms with Gasteiger partial charge in [0, 0.05) is 60.4 Å². The van der Waals surface area contributed by atoms with E-state index in [4.69, 9.17) is 16.6 Å². The van der Waals surface area contributed by atoms with Crippen molar-refractivity contribution in [2.24, 2.45) is 16.6 Å². The normalized spacial score (nSPS) is 23.3. The number of piperidine rings is 2. The van der Waals surface area contributed by atoms with E-state index in [9.17, 15) is 0 Å². The van der Waals surface area contributed by atoms with Gasteiger partial charge in [0.1, 0.15) is 17.7 Å². The first-order chi connectivity index (χ1) is 23.4. The average Bonchev–Trinajstić information content (AvgIpc) is 3.03. The molecule has 0 aromatic heterocycles. The van der Waals surface area contributed by atoms with Crippen molar-refractivity contribution in [1.29, 1.82) is 0 Å². The van der Waals surface area contributed by atoms with Crippen LogP contribution in [-0.2, 0) is 0 Å². The Kier molecular flexibility index (Phi) is 15.8. The van der Waals surface area contributed by atoms with Gasteiger partial charge in [0.25, 0.3) is 0 Å². The monoisotopic (exact) mass is 704 g/mol. The molecular formula is C39H81N11. The topological polar surface area (TPSA) is 117 Å². The zero-order chi connectivity index (χ0) is 37.3. The van der Waals surface area contributed by atoms with Crippen molar-refractivity contribution in [1.82, 2.24) is 40.8 Å². The second-order valence-corrected chi connectivity index (χ2v) is 18.0. The number of nitrogens with two attached hydrogens (primary N) is 2. The summed E-state index contributed by atoms with van der Waals surface area (Å²) < 4.78 is 0. The van der Waals surface area contributed by atoms with E-state index in [1.54, 1.807) is 0 Å². The van der Waals surface area contributed by atoms with Gasteiger partial charge < -0.3 is 31.9 Å². The average molecular weight is 704 g/mol. The molecule has 0 radical (unpaired) electrons. The number of allylic oxidation sites excluding steroid dienone is 1. The highest BCUT2D eigenvalue weighted by molar-refractivity contribution is 5.79. The van der Waals surface area contributed by atoms with E-state index in [2.05, 4.69) is 125 Å². The molecule has 50 heavy (non-hydrogen) atoms. The van der Waals surface area contributed by atoms with Crippen molar-refractivity contribution in [3.63, 3.8) is 0 Å². The lowest BCUT2D eigenvalue weighted by Crippen LogP contribution is -2.65. The molecule has 7 N–H and O–H groups in total. The summed E-state index contributed by atoms with van der Waals surface area (Å²) >= 11 is 0. The summed E-state index contributed by atoms with van der Waals surface area (Å²) in [4.78, 5) is 10.7. The van der Waals surface area contributed by atoms with Crippen molar-refractivity contribution in [2.75, 3.05) is 59.9 Å². The van der Waals surface area contributed by atoms with Crippen LogP contribution in [0.25, 0.3) is 0 Å². The van der Waals surface area contributed by atoms with Gasteiger partial charge in [0.2, 0.25) is 0 Å². The maximum Gasteiger partial charge on any atom is 0.148 e. The Morgan fingerprint density at radius 1 is 0.760 bits per heavy atom. The Morgan fingerprint density at radius 3 is 1.70 bits per heavy atom. The molecule has 1 unspecified atom stereocenters. The summed E-state index contributed by atoms with van der Waals surface area (Å²) in [6.45, 7) is 30.4. The minimum Gasteiger partial charge on any atom is -0.364 e. The highest BCUT2D eigenvalue weighted by Gasteiger charge is 2.48. The molecule has 2 saturated heterocycles. The lowest BCUT2D eigenvalue weighted by atomic mass is 9.76. The predicted octanol–water partition coefficient (Wildman–Crippen LogP) is 4.67. The number of hydrogen-bond acceptors (Lipinski definition) is 11. The summed E-state index contributed by atoms with van der Waals surface area (Å²) in [6, 6.07) is 0.791. The zero-order valence-electron chi connectivity index (χ0n) is 34.7. The molecule has 3 heterocycles. The van der Waals surface area contributed by atoms with Gasteiger partial charge in [-0.2, -0.15) is 10.2 Å². The van der Waals surface area contributed by atoms with Gasteiger partial charge in [0.05, 0.1) is 6.21 Å². The number of unbranched alkanes of at least 4 members (excludes halogenated alkanes) is 2. The highest BCUT2D eigenvalue weighted by atomic mass is 15.7. The smallest absolute Gasteiger partial charge is 0.148 e. The summed E-state index contributed by atoms with van der Waals surface area (Å²) in [5.74, 6) is 1.19. The van der Waals surface area contributed by atoms with Crippen LogP contribution >= 0.6 is 0 Å². The van der Waals surface area contributed by atoms with Crippen LogP contribution < -0.4 is 27.5 Å². The SMILES string of the molecule is CCCCN(C1=C(N(CCCC)C2CC(C)(C)N(C)C(C)(C)C2)NN(C(N)CCNCCNCCCN)N=C1)C1CC(C)(C)N(C)C(C)(C)C1. The molecule has 3 aliphatic rings. The molecule has 0 aromatic rings. The van der Waals surface area contributed by atoms with Gasteiger partial charge in [-0.05, 0) is 140 Å². The second-order valence-electron chi connectivity index (χ2n) is 18.0. The van der Waals surface area contributed by atoms with Crippen LogP contribution in [-0.4, -0.2) is 131 Å². The highest BCUT2D eigenvalue weighted by Crippen LogP contribution is 2.42. The molecule has 11 nitrogen and oxygen atoms in total. The van der Waals surface area contributed by atoms with Gasteiger partial charge >= 0.3 is 0 Å². The lowest BCUT2D eigenvalue weighted by Gasteiger charge is -2.57. The number of nitrogens with one attached hydrogen (secondary N) is 3. The first-order valence-corrected chi connectivity index (χ1v) is 20.1. The fourth-order valence-electron chi connectivity index (χ4n) is 8.70. The van der Waals surface area contributed by atoms with Gasteiger partial charge in [-0.3, -0.25) is 15.2 Å². The van der Waals surface area contributed by atoms with E-state index in [0.717, 1.165) is 110 Å². The van der Waals surface area contributed by atoms with Crippen LogP contribution in [0.15, 0.2) is 16.6 Å². The van der Waals surface area contributed by atoms with E-state index < -0.39 is 0 Å². The molecule has 0 spiro atoms. The quantitative estimate of drug-likeness (QED) is 0.115. The summed E-state index contributed by atoms with van der Waals surface area (Å²) in [7, 11) is 4.62. The molecule has 1 atom stereocenters. The van der Waals surface area contributed by atoms with E-state index in [0.29, 0.717) is 12.1 Å². The van der Waals surface area contributed by atoms with E-state index in [1.165, 1.54) is 11.5 Å². The van der Waals surface area contributed by atoms with Gasteiger partial charge in [0.15, 0.2) is 0 Å². The van der Waals surface area contributed by atoms with Crippen molar-refractivity contribution < 1.29 is 0 Å². The molecule has 0 saturated carbocycles. The minimum atomic E-state index is -0.260. The number of hydrazone groups is 1. The molecule has 0 amide bonds.